The molecule has 0 unspecified atom stereocenters. The number of nitrogens with two attached hydrogens (primary N) is 1. The van der Waals surface area contributed by atoms with Crippen LogP contribution in [0.4, 0.5) is 5.69 Å². The highest BCUT2D eigenvalue weighted by Crippen LogP contribution is 2.25. The molecule has 0 saturated carbocycles. The topological polar surface area (TPSA) is 56.7 Å². The van der Waals surface area contributed by atoms with Crippen molar-refractivity contribution in [3.63, 3.8) is 0 Å². The molecule has 2 N–H and O–H groups in total. The zero-order valence-electron chi connectivity index (χ0n) is 11.0. The van der Waals surface area contributed by atoms with Gasteiger partial charge in [-0.15, -0.1) is 0 Å². The Hall–Kier alpha value is -2.15. The molecule has 0 atom stereocenters. The third kappa shape index (κ3) is 2.04. The molecule has 0 bridgehead atoms. The van der Waals surface area contributed by atoms with Gasteiger partial charge >= 0.3 is 0 Å². The Balaban J connectivity index is 1.96. The van der Waals surface area contributed by atoms with E-state index in [-0.39, 0.29) is 0 Å². The van der Waals surface area contributed by atoms with E-state index in [1.54, 1.807) is 6.20 Å². The van der Waals surface area contributed by atoms with E-state index < -0.39 is 0 Å². The molecular formula is C16H11IN4. The predicted octanol–water partition coefficient (Wildman–Crippen LogP) is 3.76. The first-order valence-corrected chi connectivity index (χ1v) is 7.56. The molecule has 0 saturated heterocycles. The maximum absolute atomic E-state index is 6.00. The Morgan fingerprint density at radius 2 is 1.90 bits per heavy atom. The number of hydrogen-bond donors (Lipinski definition) is 1. The first kappa shape index (κ1) is 12.6. The van der Waals surface area contributed by atoms with E-state index in [2.05, 4.69) is 44.7 Å². The van der Waals surface area contributed by atoms with Crippen LogP contribution in [0.15, 0.2) is 55.1 Å². The van der Waals surface area contributed by atoms with Crippen LogP contribution in [0.3, 0.4) is 0 Å². The van der Waals surface area contributed by atoms with Crippen LogP contribution in [0.2, 0.25) is 0 Å². The maximum atomic E-state index is 6.00. The van der Waals surface area contributed by atoms with Crippen LogP contribution in [0, 0.1) is 3.57 Å². The fraction of sp³-hybridized carbons (Fsp3) is 0. The number of pyridine rings is 2. The summed E-state index contributed by atoms with van der Waals surface area (Å²) in [7, 11) is 0. The van der Waals surface area contributed by atoms with Crippen molar-refractivity contribution in [2.24, 2.45) is 0 Å². The second kappa shape index (κ2) is 4.70. The van der Waals surface area contributed by atoms with Crippen molar-refractivity contribution >= 4 is 50.0 Å². The smallest absolute Gasteiger partial charge is 0.137 e. The van der Waals surface area contributed by atoms with Crippen LogP contribution in [0.5, 0.6) is 0 Å². The molecular weight excluding hydrogens is 375 g/mol. The van der Waals surface area contributed by atoms with Gasteiger partial charge in [-0.2, -0.15) is 0 Å². The Morgan fingerprint density at radius 3 is 2.81 bits per heavy atom. The second-order valence-electron chi connectivity index (χ2n) is 4.88. The fourth-order valence-electron chi connectivity index (χ4n) is 2.48. The predicted molar refractivity (Wildman–Crippen MR) is 93.5 cm³/mol. The largest absolute Gasteiger partial charge is 0.398 e. The minimum atomic E-state index is 0.791. The molecule has 4 aromatic rings. The lowest BCUT2D eigenvalue weighted by molar-refractivity contribution is 1.05. The summed E-state index contributed by atoms with van der Waals surface area (Å²) in [5.41, 5.74) is 7.84. The Morgan fingerprint density at radius 1 is 1.00 bits per heavy atom. The number of fused-ring (bicyclic) bond motifs is 2. The first-order chi connectivity index (χ1) is 10.2. The second-order valence-corrected chi connectivity index (χ2v) is 6.05. The highest BCUT2D eigenvalue weighted by Gasteiger charge is 2.06. The quantitative estimate of drug-likeness (QED) is 0.400. The van der Waals surface area contributed by atoms with Gasteiger partial charge in [0.15, 0.2) is 0 Å². The van der Waals surface area contributed by atoms with E-state index in [0.717, 1.165) is 36.8 Å². The van der Waals surface area contributed by atoms with Gasteiger partial charge in [-0.05, 0) is 58.3 Å². The van der Waals surface area contributed by atoms with E-state index in [1.165, 1.54) is 0 Å². The van der Waals surface area contributed by atoms with Gasteiger partial charge in [0, 0.05) is 38.6 Å². The lowest BCUT2D eigenvalue weighted by Gasteiger charge is -2.07. The van der Waals surface area contributed by atoms with Crippen LogP contribution in [0.1, 0.15) is 0 Å². The number of nitrogen functional groups attached to an aromatic ring is 1. The van der Waals surface area contributed by atoms with Gasteiger partial charge in [-0.1, -0.05) is 0 Å². The summed E-state index contributed by atoms with van der Waals surface area (Å²) in [5.74, 6) is 0.867. The molecule has 4 nitrogen and oxygen atoms in total. The molecule has 5 heteroatoms. The van der Waals surface area contributed by atoms with Gasteiger partial charge in [0.2, 0.25) is 0 Å². The van der Waals surface area contributed by atoms with Crippen molar-refractivity contribution in [1.29, 1.82) is 0 Å². The van der Waals surface area contributed by atoms with Gasteiger partial charge in [0.1, 0.15) is 5.82 Å². The molecule has 21 heavy (non-hydrogen) atoms. The van der Waals surface area contributed by atoms with Gasteiger partial charge in [0.05, 0.1) is 11.7 Å². The number of benzene rings is 1. The fourth-order valence-corrected chi connectivity index (χ4v) is 2.97. The van der Waals surface area contributed by atoms with E-state index in [9.17, 15) is 0 Å². The molecule has 0 aliphatic heterocycles. The van der Waals surface area contributed by atoms with Crippen LogP contribution in [-0.2, 0) is 0 Å². The summed E-state index contributed by atoms with van der Waals surface area (Å²) >= 11 is 2.24. The average molecular weight is 386 g/mol. The Bertz CT molecular complexity index is 975. The normalized spacial score (nSPS) is 11.3. The van der Waals surface area contributed by atoms with E-state index in [1.807, 2.05) is 41.4 Å². The van der Waals surface area contributed by atoms with Crippen molar-refractivity contribution in [3.05, 3.63) is 58.7 Å². The zero-order valence-corrected chi connectivity index (χ0v) is 13.2. The monoisotopic (exact) mass is 386 g/mol. The molecule has 0 fully saturated rings. The summed E-state index contributed by atoms with van der Waals surface area (Å²) in [6.07, 6.45) is 7.54. The highest BCUT2D eigenvalue weighted by atomic mass is 127. The average Bonchev–Trinajstić information content (AvgIpc) is 2.92. The van der Waals surface area contributed by atoms with Crippen LogP contribution in [0.25, 0.3) is 27.5 Å². The van der Waals surface area contributed by atoms with Crippen molar-refractivity contribution in [3.8, 4) is 5.82 Å². The first-order valence-electron chi connectivity index (χ1n) is 6.48. The lowest BCUT2D eigenvalue weighted by atomic mass is 10.1. The van der Waals surface area contributed by atoms with Crippen molar-refractivity contribution in [2.45, 2.75) is 0 Å². The number of rotatable bonds is 1. The van der Waals surface area contributed by atoms with E-state index in [4.69, 9.17) is 5.73 Å². The molecule has 3 aromatic heterocycles. The van der Waals surface area contributed by atoms with Gasteiger partial charge in [-0.25, -0.2) is 4.98 Å². The number of hydrogen-bond acceptors (Lipinski definition) is 3. The Kier molecular flexibility index (Phi) is 2.81. The van der Waals surface area contributed by atoms with Gasteiger partial charge in [0.25, 0.3) is 0 Å². The van der Waals surface area contributed by atoms with Crippen molar-refractivity contribution < 1.29 is 0 Å². The molecule has 0 spiro atoms. The molecule has 0 amide bonds. The molecule has 3 heterocycles. The minimum Gasteiger partial charge on any atom is -0.398 e. The highest BCUT2D eigenvalue weighted by molar-refractivity contribution is 14.1. The van der Waals surface area contributed by atoms with Crippen molar-refractivity contribution in [2.75, 3.05) is 5.73 Å². The third-order valence-corrected chi connectivity index (χ3v) is 4.50. The molecule has 0 radical (unpaired) electrons. The van der Waals surface area contributed by atoms with Gasteiger partial charge in [-0.3, -0.25) is 9.55 Å². The van der Waals surface area contributed by atoms with Crippen LogP contribution >= 0.6 is 22.6 Å². The Labute approximate surface area is 134 Å². The van der Waals surface area contributed by atoms with Crippen molar-refractivity contribution in [1.82, 2.24) is 14.5 Å². The number of nitrogens with zero attached hydrogens (tertiary/aromatic N) is 3. The maximum Gasteiger partial charge on any atom is 0.137 e. The third-order valence-electron chi connectivity index (χ3n) is 3.57. The SMILES string of the molecule is Nc1cc2cc(-n3ccc4ccncc43)ncc2cc1I. The molecule has 1 aromatic carbocycles. The zero-order chi connectivity index (χ0) is 14.4. The molecule has 0 aliphatic rings. The minimum absolute atomic E-state index is 0.791. The summed E-state index contributed by atoms with van der Waals surface area (Å²) in [6, 6.07) is 10.1. The summed E-state index contributed by atoms with van der Waals surface area (Å²) in [5, 5.41) is 3.32. The summed E-state index contributed by atoms with van der Waals surface area (Å²) in [4.78, 5) is 8.75. The van der Waals surface area contributed by atoms with E-state index in [0.29, 0.717) is 0 Å². The number of aromatic nitrogens is 3. The van der Waals surface area contributed by atoms with Crippen LogP contribution in [-0.4, -0.2) is 14.5 Å². The number of halogens is 1. The van der Waals surface area contributed by atoms with E-state index >= 15 is 0 Å². The van der Waals surface area contributed by atoms with Crippen LogP contribution < -0.4 is 5.73 Å². The lowest BCUT2D eigenvalue weighted by Crippen LogP contribution is -1.96. The summed E-state index contributed by atoms with van der Waals surface area (Å²) in [6.45, 7) is 0. The molecule has 4 rings (SSSR count). The van der Waals surface area contributed by atoms with Gasteiger partial charge < -0.3 is 5.73 Å². The summed E-state index contributed by atoms with van der Waals surface area (Å²) < 4.78 is 3.08. The molecule has 0 aliphatic carbocycles. The standard InChI is InChI=1S/C16H11IN4/c17-13-5-12-8-20-16(7-11(12)6-14(13)18)21-4-2-10-1-3-19-9-15(10)21/h1-9H,18H2. The molecule has 102 valence electrons. The number of anilines is 1.